The second kappa shape index (κ2) is 7.33. The Morgan fingerprint density at radius 1 is 1.35 bits per heavy atom. The van der Waals surface area contributed by atoms with Crippen LogP contribution in [-0.4, -0.2) is 29.6 Å². The predicted octanol–water partition coefficient (Wildman–Crippen LogP) is 1.77. The van der Waals surface area contributed by atoms with Crippen LogP contribution in [0.2, 0.25) is 0 Å². The zero-order valence-corrected chi connectivity index (χ0v) is 11.7. The van der Waals surface area contributed by atoms with E-state index in [2.05, 4.69) is 11.9 Å². The lowest BCUT2D eigenvalue weighted by Gasteiger charge is -2.15. The number of amides is 1. The van der Waals surface area contributed by atoms with E-state index in [1.807, 2.05) is 6.92 Å². The number of benzene rings is 1. The summed E-state index contributed by atoms with van der Waals surface area (Å²) in [7, 11) is 0. The van der Waals surface area contributed by atoms with Gasteiger partial charge in [-0.2, -0.15) is 0 Å². The highest BCUT2D eigenvalue weighted by molar-refractivity contribution is 5.94. The first-order chi connectivity index (χ1) is 9.43. The summed E-state index contributed by atoms with van der Waals surface area (Å²) in [5, 5.41) is 11.6. The highest BCUT2D eigenvalue weighted by atomic mass is 16.5. The van der Waals surface area contributed by atoms with Crippen LogP contribution >= 0.6 is 0 Å². The number of ether oxygens (including phenoxy) is 1. The van der Waals surface area contributed by atoms with Crippen molar-refractivity contribution < 1.29 is 19.4 Å². The van der Waals surface area contributed by atoms with Gasteiger partial charge in [0.15, 0.2) is 0 Å². The first-order valence-electron chi connectivity index (χ1n) is 6.35. The van der Waals surface area contributed by atoms with Crippen LogP contribution in [0.3, 0.4) is 0 Å². The second-order valence-electron chi connectivity index (χ2n) is 4.43. The number of hydrogen-bond acceptors (Lipinski definition) is 3. The van der Waals surface area contributed by atoms with E-state index in [0.717, 1.165) is 11.3 Å². The molecule has 5 heteroatoms. The fourth-order valence-electron chi connectivity index (χ4n) is 1.61. The molecule has 0 heterocycles. The van der Waals surface area contributed by atoms with Gasteiger partial charge >= 0.3 is 5.97 Å². The maximum absolute atomic E-state index is 11.5. The van der Waals surface area contributed by atoms with Gasteiger partial charge in [-0.15, -0.1) is 0 Å². The van der Waals surface area contributed by atoms with E-state index < -0.39 is 17.9 Å². The van der Waals surface area contributed by atoms with Crippen LogP contribution in [0.4, 0.5) is 0 Å². The number of carboxylic acid groups (broad SMARTS) is 1. The number of rotatable bonds is 7. The van der Waals surface area contributed by atoms with Crippen LogP contribution in [0.1, 0.15) is 19.4 Å². The first-order valence-corrected chi connectivity index (χ1v) is 6.35. The van der Waals surface area contributed by atoms with Crippen LogP contribution in [0.25, 0.3) is 0 Å². The van der Waals surface area contributed by atoms with Gasteiger partial charge in [0.2, 0.25) is 5.91 Å². The Balaban J connectivity index is 2.72. The van der Waals surface area contributed by atoms with Crippen LogP contribution in [0, 0.1) is 0 Å². The molecule has 0 aliphatic carbocycles. The van der Waals surface area contributed by atoms with E-state index in [9.17, 15) is 9.59 Å². The van der Waals surface area contributed by atoms with Crippen molar-refractivity contribution >= 4 is 11.9 Å². The lowest BCUT2D eigenvalue weighted by Crippen LogP contribution is -2.42. The number of carboxylic acids is 1. The third-order valence-corrected chi connectivity index (χ3v) is 2.67. The van der Waals surface area contributed by atoms with Gasteiger partial charge in [0.1, 0.15) is 11.8 Å². The van der Waals surface area contributed by atoms with Crippen molar-refractivity contribution in [2.24, 2.45) is 0 Å². The standard InChI is InChI=1S/C15H19NO4/c1-4-20-12-7-5-11(6-8-12)9-13(15(18)19)16-14(17)10(2)3/h5-8,13H,2,4,9H2,1,3H3,(H,16,17)(H,18,19). The van der Waals surface area contributed by atoms with E-state index in [1.165, 1.54) is 6.92 Å². The van der Waals surface area contributed by atoms with Crippen LogP contribution in [0.5, 0.6) is 5.75 Å². The molecular formula is C15H19NO4. The summed E-state index contributed by atoms with van der Waals surface area (Å²) >= 11 is 0. The van der Waals surface area contributed by atoms with Crippen LogP contribution in [0.15, 0.2) is 36.4 Å². The van der Waals surface area contributed by atoms with Gasteiger partial charge in [0, 0.05) is 12.0 Å². The molecule has 1 rings (SSSR count). The van der Waals surface area contributed by atoms with Gasteiger partial charge in [0.25, 0.3) is 0 Å². The van der Waals surface area contributed by atoms with Crippen LogP contribution in [-0.2, 0) is 16.0 Å². The van der Waals surface area contributed by atoms with E-state index in [-0.39, 0.29) is 12.0 Å². The summed E-state index contributed by atoms with van der Waals surface area (Å²) in [6.45, 7) is 7.48. The first kappa shape index (κ1) is 15.8. The summed E-state index contributed by atoms with van der Waals surface area (Å²) in [5.74, 6) is -0.800. The van der Waals surface area contributed by atoms with Crippen molar-refractivity contribution in [1.29, 1.82) is 0 Å². The lowest BCUT2D eigenvalue weighted by atomic mass is 10.1. The molecule has 0 aliphatic heterocycles. The Kier molecular flexibility index (Phi) is 5.77. The van der Waals surface area contributed by atoms with Gasteiger partial charge in [-0.3, -0.25) is 4.79 Å². The van der Waals surface area contributed by atoms with Crippen molar-refractivity contribution in [3.8, 4) is 5.75 Å². The largest absolute Gasteiger partial charge is 0.494 e. The minimum Gasteiger partial charge on any atom is -0.494 e. The predicted molar refractivity (Wildman–Crippen MR) is 75.7 cm³/mol. The molecule has 1 amide bonds. The van der Waals surface area contributed by atoms with Crippen molar-refractivity contribution in [3.63, 3.8) is 0 Å². The molecule has 0 fully saturated rings. The fraction of sp³-hybridized carbons (Fsp3) is 0.333. The van der Waals surface area contributed by atoms with Crippen LogP contribution < -0.4 is 10.1 Å². The van der Waals surface area contributed by atoms with Crippen molar-refractivity contribution in [2.75, 3.05) is 6.61 Å². The molecule has 0 radical (unpaired) electrons. The van der Waals surface area contributed by atoms with Gasteiger partial charge in [-0.1, -0.05) is 18.7 Å². The number of carbonyl (C=O) groups excluding carboxylic acids is 1. The highest BCUT2D eigenvalue weighted by Gasteiger charge is 2.20. The zero-order valence-electron chi connectivity index (χ0n) is 11.7. The molecule has 1 unspecified atom stereocenters. The minimum atomic E-state index is -1.08. The normalized spacial score (nSPS) is 11.5. The number of carbonyl (C=O) groups is 2. The fourth-order valence-corrected chi connectivity index (χ4v) is 1.61. The SMILES string of the molecule is C=C(C)C(=O)NC(Cc1ccc(OCC)cc1)C(=O)O. The van der Waals surface area contributed by atoms with E-state index >= 15 is 0 Å². The number of aliphatic carboxylic acids is 1. The highest BCUT2D eigenvalue weighted by Crippen LogP contribution is 2.13. The molecule has 108 valence electrons. The maximum atomic E-state index is 11.5. The van der Waals surface area contributed by atoms with Gasteiger partial charge in [-0.25, -0.2) is 4.79 Å². The molecular weight excluding hydrogens is 258 g/mol. The molecule has 0 bridgehead atoms. The van der Waals surface area contributed by atoms with E-state index in [4.69, 9.17) is 9.84 Å². The quantitative estimate of drug-likeness (QED) is 0.745. The molecule has 0 spiro atoms. The Morgan fingerprint density at radius 3 is 2.40 bits per heavy atom. The molecule has 0 aromatic heterocycles. The van der Waals surface area contributed by atoms with E-state index in [1.54, 1.807) is 24.3 Å². The summed E-state index contributed by atoms with van der Waals surface area (Å²) in [4.78, 5) is 22.7. The Labute approximate surface area is 118 Å². The molecule has 20 heavy (non-hydrogen) atoms. The third-order valence-electron chi connectivity index (χ3n) is 2.67. The molecule has 1 aromatic carbocycles. The number of hydrogen-bond donors (Lipinski definition) is 2. The Morgan fingerprint density at radius 2 is 1.95 bits per heavy atom. The molecule has 0 saturated heterocycles. The molecule has 0 saturated carbocycles. The van der Waals surface area contributed by atoms with Crippen molar-refractivity contribution in [1.82, 2.24) is 5.32 Å². The molecule has 0 aliphatic rings. The lowest BCUT2D eigenvalue weighted by molar-refractivity contribution is -0.141. The Hall–Kier alpha value is -2.30. The van der Waals surface area contributed by atoms with E-state index in [0.29, 0.717) is 6.61 Å². The molecule has 2 N–H and O–H groups in total. The topological polar surface area (TPSA) is 75.6 Å². The average molecular weight is 277 g/mol. The minimum absolute atomic E-state index is 0.209. The summed E-state index contributed by atoms with van der Waals surface area (Å²) in [6.07, 6.45) is 0.209. The van der Waals surface area contributed by atoms with Gasteiger partial charge < -0.3 is 15.2 Å². The monoisotopic (exact) mass is 277 g/mol. The van der Waals surface area contributed by atoms with Crippen molar-refractivity contribution in [3.05, 3.63) is 42.0 Å². The Bertz CT molecular complexity index is 493. The summed E-state index contributed by atoms with van der Waals surface area (Å²) in [6, 6.07) is 6.15. The summed E-state index contributed by atoms with van der Waals surface area (Å²) in [5.41, 5.74) is 1.09. The maximum Gasteiger partial charge on any atom is 0.326 e. The van der Waals surface area contributed by atoms with Crippen molar-refractivity contribution in [2.45, 2.75) is 26.3 Å². The smallest absolute Gasteiger partial charge is 0.326 e. The third kappa shape index (κ3) is 4.76. The molecule has 1 aromatic rings. The second-order valence-corrected chi connectivity index (χ2v) is 4.43. The number of nitrogens with one attached hydrogen (secondary N) is 1. The molecule has 1 atom stereocenters. The van der Waals surface area contributed by atoms with Gasteiger partial charge in [-0.05, 0) is 31.5 Å². The summed E-state index contributed by atoms with van der Waals surface area (Å²) < 4.78 is 5.31. The molecule has 5 nitrogen and oxygen atoms in total. The average Bonchev–Trinajstić information content (AvgIpc) is 2.40. The van der Waals surface area contributed by atoms with Gasteiger partial charge in [0.05, 0.1) is 6.61 Å². The zero-order chi connectivity index (χ0) is 15.1.